The van der Waals surface area contributed by atoms with Gasteiger partial charge in [-0.05, 0) is 37.0 Å². The number of carbonyl (C=O) groups is 1. The van der Waals surface area contributed by atoms with E-state index in [0.29, 0.717) is 13.1 Å². The Labute approximate surface area is 148 Å². The molecule has 1 fully saturated rings. The number of nitrogens with zero attached hydrogens (tertiary/aromatic N) is 1. The van der Waals surface area contributed by atoms with Crippen LogP contribution in [-0.2, 0) is 14.8 Å². The summed E-state index contributed by atoms with van der Waals surface area (Å²) in [5.74, 6) is -0.741. The second-order valence-corrected chi connectivity index (χ2v) is 7.99. The molecule has 1 aromatic rings. The van der Waals surface area contributed by atoms with Crippen LogP contribution in [0.15, 0.2) is 23.1 Å². The fraction of sp³-hybridized carbons (Fsp3) is 0.533. The van der Waals surface area contributed by atoms with Crippen LogP contribution in [0.2, 0.25) is 0 Å². The Morgan fingerprint density at radius 2 is 1.88 bits per heavy atom. The molecule has 1 aliphatic rings. The maximum absolute atomic E-state index is 12.5. The summed E-state index contributed by atoms with van der Waals surface area (Å²) < 4.78 is 26.5. The number of anilines is 1. The molecule has 136 valence electrons. The minimum absolute atomic E-state index is 0. The van der Waals surface area contributed by atoms with Gasteiger partial charge in [-0.3, -0.25) is 4.79 Å². The smallest absolute Gasteiger partial charge is 0.243 e. The summed E-state index contributed by atoms with van der Waals surface area (Å²) in [5.41, 5.74) is 5.81. The van der Waals surface area contributed by atoms with Crippen LogP contribution in [0.25, 0.3) is 0 Å². The van der Waals surface area contributed by atoms with Gasteiger partial charge in [0, 0.05) is 13.1 Å². The molecule has 2 rings (SSSR count). The molecule has 7 nitrogen and oxygen atoms in total. The topological polar surface area (TPSA) is 113 Å². The Kier molecular flexibility index (Phi) is 7.03. The lowest BCUT2D eigenvalue weighted by molar-refractivity contribution is -0.118. The van der Waals surface area contributed by atoms with Crippen LogP contribution in [0.4, 0.5) is 5.69 Å². The molecule has 1 aliphatic heterocycles. The van der Waals surface area contributed by atoms with Gasteiger partial charge in [-0.15, -0.1) is 12.4 Å². The number of phenols is 1. The second-order valence-electron chi connectivity index (χ2n) is 6.05. The van der Waals surface area contributed by atoms with Gasteiger partial charge in [0.2, 0.25) is 15.9 Å². The molecule has 0 unspecified atom stereocenters. The highest BCUT2D eigenvalue weighted by atomic mass is 35.5. The van der Waals surface area contributed by atoms with Crippen LogP contribution in [0.1, 0.15) is 26.7 Å². The number of sulfonamides is 1. The zero-order valence-corrected chi connectivity index (χ0v) is 15.4. The summed E-state index contributed by atoms with van der Waals surface area (Å²) in [5, 5.41) is 12.4. The lowest BCUT2D eigenvalue weighted by Crippen LogP contribution is -2.39. The number of halogens is 1. The summed E-state index contributed by atoms with van der Waals surface area (Å²) in [7, 11) is -3.61. The third-order valence-electron chi connectivity index (χ3n) is 3.95. The Morgan fingerprint density at radius 3 is 2.42 bits per heavy atom. The van der Waals surface area contributed by atoms with Gasteiger partial charge in [-0.25, -0.2) is 8.42 Å². The van der Waals surface area contributed by atoms with Crippen molar-refractivity contribution in [2.75, 3.05) is 18.4 Å². The van der Waals surface area contributed by atoms with Crippen molar-refractivity contribution in [3.05, 3.63) is 18.2 Å². The van der Waals surface area contributed by atoms with Crippen LogP contribution in [0.5, 0.6) is 5.75 Å². The molecular weight excluding hydrogens is 354 g/mol. The number of hydrogen-bond donors (Lipinski definition) is 3. The van der Waals surface area contributed by atoms with Gasteiger partial charge in [-0.2, -0.15) is 4.31 Å². The van der Waals surface area contributed by atoms with E-state index in [1.54, 1.807) is 13.8 Å². The molecule has 0 aromatic heterocycles. The van der Waals surface area contributed by atoms with Gasteiger partial charge in [0.25, 0.3) is 0 Å². The van der Waals surface area contributed by atoms with E-state index in [9.17, 15) is 18.3 Å². The van der Waals surface area contributed by atoms with Crippen molar-refractivity contribution in [1.29, 1.82) is 0 Å². The number of carbonyl (C=O) groups excluding carboxylic acids is 1. The molecule has 0 radical (unpaired) electrons. The molecule has 1 atom stereocenters. The van der Waals surface area contributed by atoms with E-state index in [0.717, 1.165) is 12.8 Å². The molecule has 1 amide bonds. The SMILES string of the molecule is CC(C)[C@H](N)C(=O)Nc1cc(S(=O)(=O)N2CCCC2)ccc1O.Cl. The lowest BCUT2D eigenvalue weighted by Gasteiger charge is -2.18. The van der Waals surface area contributed by atoms with Crippen molar-refractivity contribution in [3.8, 4) is 5.75 Å². The van der Waals surface area contributed by atoms with Crippen molar-refractivity contribution in [3.63, 3.8) is 0 Å². The first kappa shape index (κ1) is 20.7. The van der Waals surface area contributed by atoms with Gasteiger partial charge in [0.1, 0.15) is 5.75 Å². The van der Waals surface area contributed by atoms with Gasteiger partial charge in [0.15, 0.2) is 0 Å². The van der Waals surface area contributed by atoms with Gasteiger partial charge < -0.3 is 16.2 Å². The maximum atomic E-state index is 12.5. The molecule has 1 heterocycles. The van der Waals surface area contributed by atoms with Crippen molar-refractivity contribution in [1.82, 2.24) is 4.31 Å². The molecule has 1 saturated heterocycles. The van der Waals surface area contributed by atoms with Crippen LogP contribution in [-0.4, -0.2) is 42.9 Å². The third-order valence-corrected chi connectivity index (χ3v) is 5.84. The minimum Gasteiger partial charge on any atom is -0.506 e. The first-order valence-electron chi connectivity index (χ1n) is 7.63. The monoisotopic (exact) mass is 377 g/mol. The number of rotatable bonds is 5. The average Bonchev–Trinajstić information content (AvgIpc) is 3.03. The van der Waals surface area contributed by atoms with E-state index in [4.69, 9.17) is 5.73 Å². The molecule has 24 heavy (non-hydrogen) atoms. The summed E-state index contributed by atoms with van der Waals surface area (Å²) in [4.78, 5) is 12.1. The first-order chi connectivity index (χ1) is 10.7. The van der Waals surface area contributed by atoms with E-state index in [1.807, 2.05) is 0 Å². The second kappa shape index (κ2) is 8.15. The molecule has 1 aromatic carbocycles. The van der Waals surface area contributed by atoms with Gasteiger partial charge in [0.05, 0.1) is 16.6 Å². The maximum Gasteiger partial charge on any atom is 0.243 e. The molecular formula is C15H24ClN3O4S. The lowest BCUT2D eigenvalue weighted by atomic mass is 10.0. The summed E-state index contributed by atoms with van der Waals surface area (Å²) in [6.07, 6.45) is 1.67. The van der Waals surface area contributed by atoms with Crippen LogP contribution in [0, 0.1) is 5.92 Å². The van der Waals surface area contributed by atoms with E-state index in [1.165, 1.54) is 22.5 Å². The van der Waals surface area contributed by atoms with Crippen molar-refractivity contribution >= 4 is 34.0 Å². The zero-order valence-electron chi connectivity index (χ0n) is 13.7. The highest BCUT2D eigenvalue weighted by Gasteiger charge is 2.28. The van der Waals surface area contributed by atoms with Crippen LogP contribution < -0.4 is 11.1 Å². The largest absolute Gasteiger partial charge is 0.506 e. The minimum atomic E-state index is -3.61. The summed E-state index contributed by atoms with van der Waals surface area (Å²) in [6, 6.07) is 3.13. The quantitative estimate of drug-likeness (QED) is 0.673. The fourth-order valence-electron chi connectivity index (χ4n) is 2.37. The molecule has 9 heteroatoms. The molecule has 0 bridgehead atoms. The van der Waals surface area contributed by atoms with Gasteiger partial charge in [-0.1, -0.05) is 13.8 Å². The zero-order chi connectivity index (χ0) is 17.2. The number of nitrogens with two attached hydrogens (primary N) is 1. The summed E-state index contributed by atoms with van der Waals surface area (Å²) in [6.45, 7) is 4.59. The standard InChI is InChI=1S/C15H23N3O4S.ClH/c1-10(2)14(16)15(20)17-12-9-11(5-6-13(12)19)23(21,22)18-7-3-4-8-18;/h5-6,9-10,14,19H,3-4,7-8,16H2,1-2H3,(H,17,20);1H/t14-;/m0./s1. The first-order valence-corrected chi connectivity index (χ1v) is 9.07. The van der Waals surface area contributed by atoms with Crippen molar-refractivity contribution < 1.29 is 18.3 Å². The van der Waals surface area contributed by atoms with E-state index < -0.39 is 22.0 Å². The molecule has 0 aliphatic carbocycles. The Hall–Kier alpha value is -1.35. The number of phenolic OH excluding ortho intramolecular Hbond substituents is 1. The van der Waals surface area contributed by atoms with E-state index in [2.05, 4.69) is 5.32 Å². The van der Waals surface area contributed by atoms with E-state index >= 15 is 0 Å². The number of amides is 1. The number of benzene rings is 1. The predicted octanol–water partition coefficient (Wildman–Crippen LogP) is 1.52. The van der Waals surface area contributed by atoms with Crippen LogP contribution >= 0.6 is 12.4 Å². The normalized spacial score (nSPS) is 16.7. The predicted molar refractivity (Wildman–Crippen MR) is 94.8 cm³/mol. The Balaban J connectivity index is 0.00000288. The van der Waals surface area contributed by atoms with E-state index in [-0.39, 0.29) is 34.7 Å². The molecule has 0 spiro atoms. The van der Waals surface area contributed by atoms with Crippen LogP contribution in [0.3, 0.4) is 0 Å². The number of hydrogen-bond acceptors (Lipinski definition) is 5. The summed E-state index contributed by atoms with van der Waals surface area (Å²) >= 11 is 0. The van der Waals surface area contributed by atoms with Gasteiger partial charge >= 0.3 is 0 Å². The third kappa shape index (κ3) is 4.38. The molecule has 4 N–H and O–H groups in total. The highest BCUT2D eigenvalue weighted by molar-refractivity contribution is 7.89. The van der Waals surface area contributed by atoms with Crippen molar-refractivity contribution in [2.24, 2.45) is 11.7 Å². The number of nitrogens with one attached hydrogen (secondary N) is 1. The average molecular weight is 378 g/mol. The van der Waals surface area contributed by atoms with Crippen molar-refractivity contribution in [2.45, 2.75) is 37.6 Å². The Morgan fingerprint density at radius 1 is 1.29 bits per heavy atom. The Bertz CT molecular complexity index is 688. The number of aromatic hydroxyl groups is 1. The molecule has 0 saturated carbocycles. The fourth-order valence-corrected chi connectivity index (χ4v) is 3.92. The highest BCUT2D eigenvalue weighted by Crippen LogP contribution is 2.29.